The molecule has 0 bridgehead atoms. The summed E-state index contributed by atoms with van der Waals surface area (Å²) in [7, 11) is 0. The van der Waals surface area contributed by atoms with Crippen LogP contribution in [-0.4, -0.2) is 11.8 Å². The third kappa shape index (κ3) is 6.95. The molecule has 0 saturated heterocycles. The number of amides is 2. The van der Waals surface area contributed by atoms with Gasteiger partial charge in [-0.1, -0.05) is 60.7 Å². The fraction of sp³-hybridized carbons (Fsp3) is 0.212. The Balaban J connectivity index is 1.34. The van der Waals surface area contributed by atoms with Crippen LogP contribution in [0.3, 0.4) is 0 Å². The van der Waals surface area contributed by atoms with Crippen LogP contribution < -0.4 is 10.6 Å². The smallest absolute Gasteiger partial charge is 0.251 e. The first-order chi connectivity index (χ1) is 17.8. The molecule has 4 aromatic rings. The minimum atomic E-state index is -0.0657. The lowest BCUT2D eigenvalue weighted by molar-refractivity contribution is 0.0943. The molecule has 0 aromatic heterocycles. The largest absolute Gasteiger partial charge is 0.348 e. The minimum Gasteiger partial charge on any atom is -0.348 e. The Morgan fingerprint density at radius 1 is 0.514 bits per heavy atom. The molecule has 4 rings (SSSR count). The predicted octanol–water partition coefficient (Wildman–Crippen LogP) is 6.37. The molecule has 4 heteroatoms. The van der Waals surface area contributed by atoms with Gasteiger partial charge >= 0.3 is 0 Å². The van der Waals surface area contributed by atoms with Crippen LogP contribution in [0.25, 0.3) is 0 Å². The van der Waals surface area contributed by atoms with Gasteiger partial charge in [0.2, 0.25) is 0 Å². The maximum absolute atomic E-state index is 12.6. The van der Waals surface area contributed by atoms with Crippen LogP contribution in [-0.2, 0) is 19.5 Å². The molecule has 0 aliphatic rings. The van der Waals surface area contributed by atoms with Gasteiger partial charge in [-0.15, -0.1) is 0 Å². The highest BCUT2D eigenvalue weighted by Crippen LogP contribution is 2.15. The number of aryl methyl sites for hydroxylation is 4. The van der Waals surface area contributed by atoms with E-state index in [1.54, 1.807) is 0 Å². The molecule has 0 heterocycles. The van der Waals surface area contributed by atoms with E-state index < -0.39 is 0 Å². The quantitative estimate of drug-likeness (QED) is 0.301. The molecular formula is C33H34N2O2. The highest BCUT2D eigenvalue weighted by Gasteiger charge is 2.09. The topological polar surface area (TPSA) is 58.2 Å². The van der Waals surface area contributed by atoms with E-state index in [-0.39, 0.29) is 11.8 Å². The van der Waals surface area contributed by atoms with Gasteiger partial charge in [0.15, 0.2) is 0 Å². The van der Waals surface area contributed by atoms with Crippen LogP contribution in [0.5, 0.6) is 0 Å². The zero-order valence-electron chi connectivity index (χ0n) is 22.0. The molecule has 0 radical (unpaired) electrons. The molecule has 2 amide bonds. The fourth-order valence-corrected chi connectivity index (χ4v) is 4.27. The van der Waals surface area contributed by atoms with Crippen molar-refractivity contribution in [1.29, 1.82) is 0 Å². The second-order valence-electron chi connectivity index (χ2n) is 9.78. The van der Waals surface area contributed by atoms with Gasteiger partial charge in [-0.05, 0) is 103 Å². The molecule has 188 valence electrons. The average Bonchev–Trinajstić information content (AvgIpc) is 2.89. The number of nitrogens with one attached hydrogen (secondary N) is 2. The molecule has 37 heavy (non-hydrogen) atoms. The van der Waals surface area contributed by atoms with E-state index in [9.17, 15) is 9.59 Å². The number of benzene rings is 4. The Morgan fingerprint density at radius 3 is 1.32 bits per heavy atom. The summed E-state index contributed by atoms with van der Waals surface area (Å²) >= 11 is 0. The van der Waals surface area contributed by atoms with Crippen LogP contribution in [0.1, 0.15) is 65.2 Å². The summed E-state index contributed by atoms with van der Waals surface area (Å²) in [4.78, 5) is 25.2. The summed E-state index contributed by atoms with van der Waals surface area (Å²) in [5.41, 5.74) is 10.4. The lowest BCUT2D eigenvalue weighted by Crippen LogP contribution is -2.23. The molecule has 0 aliphatic carbocycles. The highest BCUT2D eigenvalue weighted by molar-refractivity contribution is 5.95. The van der Waals surface area contributed by atoms with E-state index in [0.29, 0.717) is 24.2 Å². The fourth-order valence-electron chi connectivity index (χ4n) is 4.27. The SMILES string of the molecule is Cc1ccc(C(=O)NCc2cccc(Cc3cccc(CNC(=O)c4ccc(C)c(C)c4)c3)c2)cc1C. The molecule has 0 atom stereocenters. The summed E-state index contributed by atoms with van der Waals surface area (Å²) in [6.45, 7) is 9.07. The zero-order valence-corrected chi connectivity index (χ0v) is 22.0. The van der Waals surface area contributed by atoms with Crippen LogP contribution in [0, 0.1) is 27.7 Å². The molecule has 2 N–H and O–H groups in total. The zero-order chi connectivity index (χ0) is 26.4. The highest BCUT2D eigenvalue weighted by atomic mass is 16.2. The first kappa shape index (κ1) is 25.9. The lowest BCUT2D eigenvalue weighted by atomic mass is 10.0. The van der Waals surface area contributed by atoms with Crippen molar-refractivity contribution in [2.45, 2.75) is 47.2 Å². The van der Waals surface area contributed by atoms with Gasteiger partial charge in [0.1, 0.15) is 0 Å². The van der Waals surface area contributed by atoms with Crippen LogP contribution in [0.15, 0.2) is 84.9 Å². The predicted molar refractivity (Wildman–Crippen MR) is 150 cm³/mol. The van der Waals surface area contributed by atoms with Crippen molar-refractivity contribution in [3.8, 4) is 0 Å². The van der Waals surface area contributed by atoms with E-state index in [1.807, 2.05) is 88.4 Å². The van der Waals surface area contributed by atoms with E-state index in [2.05, 4.69) is 34.9 Å². The number of rotatable bonds is 8. The van der Waals surface area contributed by atoms with Gasteiger partial charge in [-0.25, -0.2) is 0 Å². The first-order valence-electron chi connectivity index (χ1n) is 12.6. The van der Waals surface area contributed by atoms with Gasteiger partial charge in [-0.3, -0.25) is 9.59 Å². The Labute approximate surface area is 219 Å². The molecule has 4 nitrogen and oxygen atoms in total. The Kier molecular flexibility index (Phi) is 8.19. The number of hydrogen-bond acceptors (Lipinski definition) is 2. The maximum Gasteiger partial charge on any atom is 0.251 e. The Hall–Kier alpha value is -4.18. The molecule has 0 unspecified atom stereocenters. The van der Waals surface area contributed by atoms with Gasteiger partial charge in [-0.2, -0.15) is 0 Å². The number of carbonyl (C=O) groups is 2. The normalized spacial score (nSPS) is 10.7. The van der Waals surface area contributed by atoms with E-state index >= 15 is 0 Å². The van der Waals surface area contributed by atoms with Crippen molar-refractivity contribution >= 4 is 11.8 Å². The Bertz CT molecular complexity index is 1330. The Morgan fingerprint density at radius 2 is 0.919 bits per heavy atom. The van der Waals surface area contributed by atoms with Crippen molar-refractivity contribution in [3.05, 3.63) is 141 Å². The summed E-state index contributed by atoms with van der Waals surface area (Å²) in [5, 5.41) is 6.06. The van der Waals surface area contributed by atoms with E-state index in [1.165, 1.54) is 22.3 Å². The van der Waals surface area contributed by atoms with Crippen molar-refractivity contribution in [2.75, 3.05) is 0 Å². The van der Waals surface area contributed by atoms with Crippen molar-refractivity contribution in [3.63, 3.8) is 0 Å². The summed E-state index contributed by atoms with van der Waals surface area (Å²) < 4.78 is 0. The summed E-state index contributed by atoms with van der Waals surface area (Å²) in [6.07, 6.45) is 0.776. The van der Waals surface area contributed by atoms with Gasteiger partial charge in [0.05, 0.1) is 0 Å². The van der Waals surface area contributed by atoms with Crippen molar-refractivity contribution in [2.24, 2.45) is 0 Å². The summed E-state index contributed by atoms with van der Waals surface area (Å²) in [6, 6.07) is 28.1. The number of hydrogen-bond donors (Lipinski definition) is 2. The first-order valence-corrected chi connectivity index (χ1v) is 12.6. The lowest BCUT2D eigenvalue weighted by Gasteiger charge is -2.10. The second kappa shape index (κ2) is 11.7. The molecule has 4 aromatic carbocycles. The van der Waals surface area contributed by atoms with Crippen LogP contribution in [0.4, 0.5) is 0 Å². The third-order valence-electron chi connectivity index (χ3n) is 6.84. The molecule has 0 fully saturated rings. The van der Waals surface area contributed by atoms with Gasteiger partial charge in [0.25, 0.3) is 11.8 Å². The van der Waals surface area contributed by atoms with Crippen LogP contribution >= 0.6 is 0 Å². The van der Waals surface area contributed by atoms with E-state index in [0.717, 1.165) is 28.7 Å². The second-order valence-corrected chi connectivity index (χ2v) is 9.78. The molecule has 0 spiro atoms. The van der Waals surface area contributed by atoms with E-state index in [4.69, 9.17) is 0 Å². The van der Waals surface area contributed by atoms with Crippen LogP contribution in [0.2, 0.25) is 0 Å². The standard InChI is InChI=1S/C33H34N2O2/c1-22-11-13-30(15-24(22)3)32(36)34-20-28-9-5-7-26(18-28)17-27-8-6-10-29(19-27)21-35-33(37)31-14-12-23(2)25(4)16-31/h5-16,18-19H,17,20-21H2,1-4H3,(H,34,36)(H,35,37). The number of carbonyl (C=O) groups excluding carboxylic acids is 2. The summed E-state index contributed by atoms with van der Waals surface area (Å²) in [5.74, 6) is -0.131. The molecule has 0 saturated carbocycles. The average molecular weight is 491 g/mol. The monoisotopic (exact) mass is 490 g/mol. The molecular weight excluding hydrogens is 456 g/mol. The minimum absolute atomic E-state index is 0.0657. The molecule has 0 aliphatic heterocycles. The van der Waals surface area contributed by atoms with Crippen molar-refractivity contribution < 1.29 is 9.59 Å². The van der Waals surface area contributed by atoms with Gasteiger partial charge in [0, 0.05) is 24.2 Å². The maximum atomic E-state index is 12.6. The van der Waals surface area contributed by atoms with Crippen molar-refractivity contribution in [1.82, 2.24) is 10.6 Å². The third-order valence-corrected chi connectivity index (χ3v) is 6.84. The van der Waals surface area contributed by atoms with Gasteiger partial charge < -0.3 is 10.6 Å².